The molecule has 1 aliphatic rings. The largest absolute Gasteiger partial charge is 0.497 e. The maximum Gasteiger partial charge on any atom is 0.191 e. The second-order valence-corrected chi connectivity index (χ2v) is 7.18. The molecule has 28 heavy (non-hydrogen) atoms. The Kier molecular flexibility index (Phi) is 9.93. The lowest BCUT2D eigenvalue weighted by molar-refractivity contribution is 0.0823. The van der Waals surface area contributed by atoms with Gasteiger partial charge in [-0.2, -0.15) is 0 Å². The van der Waals surface area contributed by atoms with E-state index in [1.807, 2.05) is 31.2 Å². The molecule has 1 atom stereocenters. The molecule has 3 N–H and O–H groups in total. The Morgan fingerprint density at radius 3 is 2.75 bits per heavy atom. The summed E-state index contributed by atoms with van der Waals surface area (Å²) in [5.41, 5.74) is 0. The maximum absolute atomic E-state index is 9.57. The number of nitrogens with one attached hydrogen (secondary N) is 2. The summed E-state index contributed by atoms with van der Waals surface area (Å²) in [6.07, 6.45) is 2.69. The van der Waals surface area contributed by atoms with Gasteiger partial charge in [0.2, 0.25) is 0 Å². The average Bonchev–Trinajstić information content (AvgIpc) is 2.70. The van der Waals surface area contributed by atoms with Crippen molar-refractivity contribution in [2.75, 3.05) is 46.4 Å². The van der Waals surface area contributed by atoms with Gasteiger partial charge in [0, 0.05) is 32.2 Å². The van der Waals surface area contributed by atoms with Crippen molar-refractivity contribution in [2.45, 2.75) is 45.3 Å². The molecule has 0 radical (unpaired) electrons. The smallest absolute Gasteiger partial charge is 0.191 e. The minimum Gasteiger partial charge on any atom is -0.497 e. The first kappa shape index (κ1) is 22.3. The number of piperidine rings is 1. The third kappa shape index (κ3) is 8.35. The first-order chi connectivity index (χ1) is 13.6. The van der Waals surface area contributed by atoms with E-state index in [9.17, 15) is 5.11 Å². The third-order valence-electron chi connectivity index (χ3n) is 4.73. The van der Waals surface area contributed by atoms with E-state index < -0.39 is 0 Å². The Hall–Kier alpha value is -1.99. The zero-order chi connectivity index (χ0) is 20.2. The second-order valence-electron chi connectivity index (χ2n) is 7.18. The molecule has 1 aromatic rings. The molecule has 1 aliphatic heterocycles. The van der Waals surface area contributed by atoms with Crippen molar-refractivity contribution < 1.29 is 14.6 Å². The van der Waals surface area contributed by atoms with Crippen LogP contribution in [0.15, 0.2) is 29.3 Å². The molecular formula is C21H36N4O3. The van der Waals surface area contributed by atoms with Crippen LogP contribution in [0.3, 0.4) is 0 Å². The molecule has 0 aliphatic carbocycles. The molecule has 0 bridgehead atoms. The molecule has 0 aromatic heterocycles. The van der Waals surface area contributed by atoms with Gasteiger partial charge in [0.1, 0.15) is 17.6 Å². The molecule has 0 saturated carbocycles. The summed E-state index contributed by atoms with van der Waals surface area (Å²) >= 11 is 0. The van der Waals surface area contributed by atoms with Crippen LogP contribution in [0.5, 0.6) is 11.5 Å². The van der Waals surface area contributed by atoms with Crippen molar-refractivity contribution in [3.05, 3.63) is 24.3 Å². The number of ether oxygens (including phenoxy) is 2. The molecule has 1 fully saturated rings. The van der Waals surface area contributed by atoms with Crippen LogP contribution in [0.1, 0.15) is 33.1 Å². The van der Waals surface area contributed by atoms with Crippen LogP contribution in [-0.2, 0) is 0 Å². The molecule has 0 amide bonds. The van der Waals surface area contributed by atoms with Crippen molar-refractivity contribution in [3.63, 3.8) is 0 Å². The van der Waals surface area contributed by atoms with Gasteiger partial charge in [0.15, 0.2) is 5.96 Å². The summed E-state index contributed by atoms with van der Waals surface area (Å²) in [5.74, 6) is 2.38. The number of nitrogens with zero attached hydrogens (tertiary/aromatic N) is 2. The number of likely N-dealkylation sites (tertiary alicyclic amines) is 1. The first-order valence-corrected chi connectivity index (χ1v) is 10.3. The Labute approximate surface area is 169 Å². The van der Waals surface area contributed by atoms with Gasteiger partial charge in [-0.25, -0.2) is 4.99 Å². The standard InChI is InChI=1S/C21H36N4O3/c1-4-22-21(23-11-6-12-25-13-9-18(26)10-14-25)24-16-17(2)28-20-8-5-7-19(15-20)27-3/h5,7-8,15,17-18,26H,4,6,9-14,16H2,1-3H3,(H2,22,23,24). The van der Waals surface area contributed by atoms with E-state index in [-0.39, 0.29) is 12.2 Å². The molecule has 7 nitrogen and oxygen atoms in total. The lowest BCUT2D eigenvalue weighted by Gasteiger charge is -2.29. The number of aliphatic imine (C=N–C) groups is 1. The van der Waals surface area contributed by atoms with E-state index in [1.54, 1.807) is 7.11 Å². The lowest BCUT2D eigenvalue weighted by atomic mass is 10.1. The normalized spacial score (nSPS) is 17.2. The van der Waals surface area contributed by atoms with Gasteiger partial charge in [-0.1, -0.05) is 6.07 Å². The Bertz CT molecular complexity index is 589. The van der Waals surface area contributed by atoms with Crippen LogP contribution < -0.4 is 20.1 Å². The highest BCUT2D eigenvalue weighted by atomic mass is 16.5. The van der Waals surface area contributed by atoms with Crippen LogP contribution in [-0.4, -0.2) is 74.6 Å². The van der Waals surface area contributed by atoms with Crippen molar-refractivity contribution >= 4 is 5.96 Å². The zero-order valence-electron chi connectivity index (χ0n) is 17.5. The van der Waals surface area contributed by atoms with E-state index in [0.29, 0.717) is 6.54 Å². The summed E-state index contributed by atoms with van der Waals surface area (Å²) in [7, 11) is 1.65. The van der Waals surface area contributed by atoms with Gasteiger partial charge in [-0.05, 0) is 51.8 Å². The van der Waals surface area contributed by atoms with Crippen LogP contribution in [0.25, 0.3) is 0 Å². The quantitative estimate of drug-likeness (QED) is 0.321. The number of aliphatic hydroxyl groups is 1. The van der Waals surface area contributed by atoms with Crippen molar-refractivity contribution in [1.82, 2.24) is 15.5 Å². The van der Waals surface area contributed by atoms with E-state index in [4.69, 9.17) is 9.47 Å². The number of aliphatic hydroxyl groups excluding tert-OH is 1. The average molecular weight is 393 g/mol. The molecular weight excluding hydrogens is 356 g/mol. The Balaban J connectivity index is 1.71. The van der Waals surface area contributed by atoms with Crippen molar-refractivity contribution in [1.29, 1.82) is 0 Å². The fourth-order valence-corrected chi connectivity index (χ4v) is 3.16. The summed E-state index contributed by atoms with van der Waals surface area (Å²) in [6.45, 7) is 9.37. The number of guanidine groups is 1. The predicted octanol–water partition coefficient (Wildman–Crippen LogP) is 1.86. The van der Waals surface area contributed by atoms with Gasteiger partial charge in [-0.3, -0.25) is 0 Å². The maximum atomic E-state index is 9.57. The van der Waals surface area contributed by atoms with Crippen LogP contribution in [0.2, 0.25) is 0 Å². The van der Waals surface area contributed by atoms with Crippen LogP contribution in [0, 0.1) is 0 Å². The lowest BCUT2D eigenvalue weighted by Crippen LogP contribution is -2.40. The topological polar surface area (TPSA) is 78.4 Å². The highest BCUT2D eigenvalue weighted by Gasteiger charge is 2.16. The fourth-order valence-electron chi connectivity index (χ4n) is 3.16. The van der Waals surface area contributed by atoms with Gasteiger partial charge in [0.25, 0.3) is 0 Å². The third-order valence-corrected chi connectivity index (χ3v) is 4.73. The van der Waals surface area contributed by atoms with E-state index in [2.05, 4.69) is 27.4 Å². The first-order valence-electron chi connectivity index (χ1n) is 10.3. The minimum atomic E-state index is -0.108. The summed E-state index contributed by atoms with van der Waals surface area (Å²) in [5, 5.41) is 16.2. The highest BCUT2D eigenvalue weighted by molar-refractivity contribution is 5.79. The second kappa shape index (κ2) is 12.5. The number of benzene rings is 1. The SMILES string of the molecule is CCNC(=NCC(C)Oc1cccc(OC)c1)NCCCN1CCC(O)CC1. The number of methoxy groups -OCH3 is 1. The summed E-state index contributed by atoms with van der Waals surface area (Å²) < 4.78 is 11.2. The molecule has 1 aromatic carbocycles. The van der Waals surface area contributed by atoms with Crippen molar-refractivity contribution in [2.24, 2.45) is 4.99 Å². The fraction of sp³-hybridized carbons (Fsp3) is 0.667. The predicted molar refractivity (Wildman–Crippen MR) is 113 cm³/mol. The molecule has 2 rings (SSSR count). The molecule has 1 saturated heterocycles. The van der Waals surface area contributed by atoms with Crippen LogP contribution in [0.4, 0.5) is 0 Å². The molecule has 1 unspecified atom stereocenters. The molecule has 0 spiro atoms. The molecule has 7 heteroatoms. The van der Waals surface area contributed by atoms with E-state index in [1.165, 1.54) is 0 Å². The highest BCUT2D eigenvalue weighted by Crippen LogP contribution is 2.19. The number of hydrogen-bond donors (Lipinski definition) is 3. The van der Waals surface area contributed by atoms with Gasteiger partial charge < -0.3 is 30.1 Å². The number of hydrogen-bond acceptors (Lipinski definition) is 5. The Morgan fingerprint density at radius 1 is 1.29 bits per heavy atom. The van der Waals surface area contributed by atoms with Gasteiger partial charge in [-0.15, -0.1) is 0 Å². The summed E-state index contributed by atoms with van der Waals surface area (Å²) in [6, 6.07) is 7.61. The summed E-state index contributed by atoms with van der Waals surface area (Å²) in [4.78, 5) is 7.06. The van der Waals surface area contributed by atoms with E-state index >= 15 is 0 Å². The molecule has 1 heterocycles. The minimum absolute atomic E-state index is 0.0395. The van der Waals surface area contributed by atoms with Gasteiger partial charge in [0.05, 0.1) is 19.8 Å². The molecule has 158 valence electrons. The van der Waals surface area contributed by atoms with Crippen molar-refractivity contribution in [3.8, 4) is 11.5 Å². The van der Waals surface area contributed by atoms with Crippen LogP contribution >= 0.6 is 0 Å². The number of rotatable bonds is 10. The van der Waals surface area contributed by atoms with Gasteiger partial charge >= 0.3 is 0 Å². The zero-order valence-corrected chi connectivity index (χ0v) is 17.5. The van der Waals surface area contributed by atoms with E-state index in [0.717, 1.165) is 69.4 Å². The Morgan fingerprint density at radius 2 is 2.04 bits per heavy atom. The monoisotopic (exact) mass is 392 g/mol.